The minimum atomic E-state index is -0.926. The van der Waals surface area contributed by atoms with Crippen LogP contribution in [0.4, 0.5) is 5.69 Å². The molecule has 1 heterocycles. The van der Waals surface area contributed by atoms with E-state index in [9.17, 15) is 14.7 Å². The van der Waals surface area contributed by atoms with Crippen molar-refractivity contribution in [1.29, 1.82) is 0 Å². The number of ether oxygens (including phenoxy) is 2. The Hall–Kier alpha value is -3.48. The maximum atomic E-state index is 13.3. The van der Waals surface area contributed by atoms with Crippen molar-refractivity contribution in [3.63, 3.8) is 0 Å². The zero-order valence-electron chi connectivity index (χ0n) is 18.6. The Kier molecular flexibility index (Phi) is 6.55. The number of aliphatic hydroxyl groups is 1. The minimum Gasteiger partial charge on any atom is -0.507 e. The van der Waals surface area contributed by atoms with Gasteiger partial charge >= 0.3 is 0 Å². The molecule has 0 radical (unpaired) electrons. The molecule has 1 amide bonds. The molecule has 1 N–H and O–H groups in total. The Labute approximate surface area is 206 Å². The number of hydrogen-bond donors (Lipinski definition) is 1. The third-order valence-electron chi connectivity index (χ3n) is 5.64. The van der Waals surface area contributed by atoms with Gasteiger partial charge < -0.3 is 14.6 Å². The first-order chi connectivity index (χ1) is 16.3. The van der Waals surface area contributed by atoms with Crippen LogP contribution in [0.5, 0.6) is 11.5 Å². The molecule has 0 saturated carbocycles. The van der Waals surface area contributed by atoms with Gasteiger partial charge in [0.15, 0.2) is 11.5 Å². The summed E-state index contributed by atoms with van der Waals surface area (Å²) in [7, 11) is 2.96. The van der Waals surface area contributed by atoms with Crippen molar-refractivity contribution in [2.45, 2.75) is 13.0 Å². The fraction of sp³-hybridized carbons (Fsp3) is 0.154. The summed E-state index contributed by atoms with van der Waals surface area (Å²) in [5.41, 5.74) is 2.18. The van der Waals surface area contributed by atoms with Crippen LogP contribution in [0.25, 0.3) is 5.76 Å². The van der Waals surface area contributed by atoms with Crippen molar-refractivity contribution in [1.82, 2.24) is 0 Å². The highest BCUT2D eigenvalue weighted by atomic mass is 35.5. The zero-order chi connectivity index (χ0) is 24.6. The quantitative estimate of drug-likeness (QED) is 0.268. The van der Waals surface area contributed by atoms with Crippen molar-refractivity contribution in [3.8, 4) is 11.5 Å². The minimum absolute atomic E-state index is 0.0721. The Morgan fingerprint density at radius 2 is 1.65 bits per heavy atom. The number of amides is 1. The van der Waals surface area contributed by atoms with Crippen molar-refractivity contribution >= 4 is 46.3 Å². The van der Waals surface area contributed by atoms with E-state index in [1.165, 1.54) is 19.1 Å². The van der Waals surface area contributed by atoms with E-state index in [-0.39, 0.29) is 16.4 Å². The van der Waals surface area contributed by atoms with Crippen molar-refractivity contribution < 1.29 is 24.2 Å². The van der Waals surface area contributed by atoms with E-state index in [0.29, 0.717) is 33.3 Å². The van der Waals surface area contributed by atoms with Crippen molar-refractivity contribution in [2.75, 3.05) is 19.1 Å². The Balaban J connectivity index is 1.97. The highest BCUT2D eigenvalue weighted by Gasteiger charge is 2.47. The summed E-state index contributed by atoms with van der Waals surface area (Å²) < 4.78 is 10.6. The summed E-state index contributed by atoms with van der Waals surface area (Å²) in [6, 6.07) is 15.9. The van der Waals surface area contributed by atoms with Crippen LogP contribution in [0.3, 0.4) is 0 Å². The summed E-state index contributed by atoms with van der Waals surface area (Å²) in [5.74, 6) is -1.09. The fourth-order valence-electron chi connectivity index (χ4n) is 4.01. The molecule has 4 rings (SSSR count). The summed E-state index contributed by atoms with van der Waals surface area (Å²) in [6.45, 7) is 1.89. The Morgan fingerprint density at radius 1 is 0.912 bits per heavy atom. The van der Waals surface area contributed by atoms with Gasteiger partial charge in [0.25, 0.3) is 11.7 Å². The molecule has 0 aliphatic carbocycles. The Bertz CT molecular complexity index is 1330. The normalized spacial score (nSPS) is 17.2. The number of hydrogen-bond acceptors (Lipinski definition) is 5. The number of Topliss-reactive ketones (excluding diaryl/α,β-unsaturated/α-hetero) is 1. The molecule has 1 aliphatic rings. The number of aryl methyl sites for hydroxylation is 1. The molecular formula is C26H21Cl2NO5. The second kappa shape index (κ2) is 9.41. The molecule has 6 nitrogen and oxygen atoms in total. The lowest BCUT2D eigenvalue weighted by Crippen LogP contribution is -2.29. The monoisotopic (exact) mass is 497 g/mol. The van der Waals surface area contributed by atoms with Gasteiger partial charge in [-0.15, -0.1) is 0 Å². The molecule has 174 valence electrons. The number of rotatable bonds is 5. The molecule has 3 aromatic rings. The van der Waals surface area contributed by atoms with Gasteiger partial charge in [-0.1, -0.05) is 41.4 Å². The van der Waals surface area contributed by atoms with Crippen LogP contribution in [0.1, 0.15) is 22.7 Å². The summed E-state index contributed by atoms with van der Waals surface area (Å²) >= 11 is 12.4. The van der Waals surface area contributed by atoms with Crippen LogP contribution >= 0.6 is 23.2 Å². The van der Waals surface area contributed by atoms with Crippen molar-refractivity contribution in [2.24, 2.45) is 0 Å². The topological polar surface area (TPSA) is 76.1 Å². The fourth-order valence-corrected chi connectivity index (χ4v) is 4.32. The van der Waals surface area contributed by atoms with Crippen LogP contribution in [-0.2, 0) is 9.59 Å². The first kappa shape index (κ1) is 23.7. The van der Waals surface area contributed by atoms with E-state index >= 15 is 0 Å². The highest BCUT2D eigenvalue weighted by molar-refractivity contribution is 6.51. The lowest BCUT2D eigenvalue weighted by atomic mass is 9.95. The van der Waals surface area contributed by atoms with E-state index in [0.717, 1.165) is 5.56 Å². The number of carbonyl (C=O) groups excluding carboxylic acids is 2. The van der Waals surface area contributed by atoms with Crippen molar-refractivity contribution in [3.05, 3.63) is 93.0 Å². The van der Waals surface area contributed by atoms with Gasteiger partial charge in [0, 0.05) is 11.3 Å². The maximum absolute atomic E-state index is 13.3. The molecule has 1 aliphatic heterocycles. The van der Waals surface area contributed by atoms with E-state index < -0.39 is 17.7 Å². The Morgan fingerprint density at radius 3 is 2.29 bits per heavy atom. The van der Waals surface area contributed by atoms with Gasteiger partial charge in [0.05, 0.1) is 35.9 Å². The third-order valence-corrected chi connectivity index (χ3v) is 6.38. The van der Waals surface area contributed by atoms with Gasteiger partial charge in [0.1, 0.15) is 5.76 Å². The van der Waals surface area contributed by atoms with E-state index in [4.69, 9.17) is 32.7 Å². The molecule has 1 fully saturated rings. The molecule has 1 unspecified atom stereocenters. The molecule has 1 saturated heterocycles. The SMILES string of the molecule is COc1ccc(/C(O)=C2/C(=O)C(=O)N(c3cccc(C)c3)C2c2ccc(Cl)c(Cl)c2)cc1OC. The lowest BCUT2D eigenvalue weighted by Gasteiger charge is -2.26. The first-order valence-electron chi connectivity index (χ1n) is 10.3. The predicted octanol–water partition coefficient (Wildman–Crippen LogP) is 5.95. The molecule has 34 heavy (non-hydrogen) atoms. The van der Waals surface area contributed by atoms with Crippen LogP contribution < -0.4 is 14.4 Å². The van der Waals surface area contributed by atoms with Gasteiger partial charge in [-0.25, -0.2) is 0 Å². The number of ketones is 1. The number of anilines is 1. The lowest BCUT2D eigenvalue weighted by molar-refractivity contribution is -0.132. The largest absolute Gasteiger partial charge is 0.507 e. The summed E-state index contributed by atoms with van der Waals surface area (Å²) in [5, 5.41) is 11.9. The van der Waals surface area contributed by atoms with Crippen LogP contribution in [0.15, 0.2) is 66.2 Å². The number of nitrogens with zero attached hydrogens (tertiary/aromatic N) is 1. The predicted molar refractivity (Wildman–Crippen MR) is 132 cm³/mol. The third kappa shape index (κ3) is 4.11. The average molecular weight is 498 g/mol. The molecule has 8 heteroatoms. The second-order valence-corrected chi connectivity index (χ2v) is 8.57. The maximum Gasteiger partial charge on any atom is 0.300 e. The zero-order valence-corrected chi connectivity index (χ0v) is 20.1. The molecule has 0 bridgehead atoms. The van der Waals surface area contributed by atoms with Crippen LogP contribution in [-0.4, -0.2) is 31.0 Å². The first-order valence-corrected chi connectivity index (χ1v) is 11.1. The van der Waals surface area contributed by atoms with E-state index in [1.807, 2.05) is 13.0 Å². The number of methoxy groups -OCH3 is 2. The smallest absolute Gasteiger partial charge is 0.300 e. The molecule has 0 spiro atoms. The van der Waals surface area contributed by atoms with Gasteiger partial charge in [-0.2, -0.15) is 0 Å². The molecule has 0 aromatic heterocycles. The molecular weight excluding hydrogens is 477 g/mol. The van der Waals surface area contributed by atoms with Gasteiger partial charge in [-0.05, 0) is 60.5 Å². The van der Waals surface area contributed by atoms with E-state index in [2.05, 4.69) is 0 Å². The highest BCUT2D eigenvalue weighted by Crippen LogP contribution is 2.44. The van der Waals surface area contributed by atoms with E-state index in [1.54, 1.807) is 54.6 Å². The number of aliphatic hydroxyl groups excluding tert-OH is 1. The van der Waals surface area contributed by atoms with Gasteiger partial charge in [0.2, 0.25) is 0 Å². The summed E-state index contributed by atoms with van der Waals surface area (Å²) in [6.07, 6.45) is 0. The standard InChI is InChI=1S/C26H21Cl2NO5/c1-14-5-4-6-17(11-14)29-23(15-7-9-18(27)19(28)12-15)22(25(31)26(29)32)24(30)16-8-10-20(33-2)21(13-16)34-3/h4-13,23,30H,1-3H3/b24-22-. The number of benzene rings is 3. The number of carbonyl (C=O) groups is 2. The molecule has 1 atom stereocenters. The van der Waals surface area contributed by atoms with Gasteiger partial charge in [-0.3, -0.25) is 14.5 Å². The second-order valence-electron chi connectivity index (χ2n) is 7.75. The van der Waals surface area contributed by atoms with Crippen LogP contribution in [0.2, 0.25) is 10.0 Å². The molecule has 3 aromatic carbocycles. The van der Waals surface area contributed by atoms with Crippen LogP contribution in [0, 0.1) is 6.92 Å². The summed E-state index contributed by atoms with van der Waals surface area (Å²) in [4.78, 5) is 27.9. The number of halogens is 2. The average Bonchev–Trinajstić information content (AvgIpc) is 3.10.